The quantitative estimate of drug-likeness (QED) is 0.754. The maximum atomic E-state index is 12.7. The Hall–Kier alpha value is -1.70. The van der Waals surface area contributed by atoms with Crippen molar-refractivity contribution in [3.63, 3.8) is 0 Å². The molecule has 2 heterocycles. The molecule has 3 aromatic rings. The van der Waals surface area contributed by atoms with Crippen molar-refractivity contribution in [1.29, 1.82) is 0 Å². The topological polar surface area (TPSA) is 72.2 Å². The van der Waals surface area contributed by atoms with Crippen molar-refractivity contribution < 1.29 is 13.5 Å². The molecule has 0 unspecified atom stereocenters. The standard InChI is InChI=1S/C15H13BrN2O3S/c16-13-6-14-12(9-19)8-18(15(14)17-7-13)22(20,21)10-11-4-2-1-3-5-11/h1-8,19H,9-10H2. The van der Waals surface area contributed by atoms with Crippen LogP contribution >= 0.6 is 15.9 Å². The summed E-state index contributed by atoms with van der Waals surface area (Å²) >= 11 is 3.31. The van der Waals surface area contributed by atoms with Crippen molar-refractivity contribution in [2.45, 2.75) is 12.4 Å². The Morgan fingerprint density at radius 3 is 2.64 bits per heavy atom. The number of aliphatic hydroxyl groups excluding tert-OH is 1. The van der Waals surface area contributed by atoms with Crippen molar-refractivity contribution in [3.05, 3.63) is 64.4 Å². The minimum absolute atomic E-state index is 0.125. The SMILES string of the molecule is O=S(=O)(Cc1ccccc1)n1cc(CO)c2cc(Br)cnc21. The Morgan fingerprint density at radius 1 is 1.23 bits per heavy atom. The summed E-state index contributed by atoms with van der Waals surface area (Å²) in [5, 5.41) is 10.1. The predicted molar refractivity (Wildman–Crippen MR) is 87.8 cm³/mol. The second kappa shape index (κ2) is 5.83. The van der Waals surface area contributed by atoms with E-state index in [2.05, 4.69) is 20.9 Å². The summed E-state index contributed by atoms with van der Waals surface area (Å²) in [5.41, 5.74) is 1.55. The molecule has 1 N–H and O–H groups in total. The highest BCUT2D eigenvalue weighted by Crippen LogP contribution is 2.25. The van der Waals surface area contributed by atoms with E-state index in [4.69, 9.17) is 0 Å². The maximum Gasteiger partial charge on any atom is 0.244 e. The highest BCUT2D eigenvalue weighted by Gasteiger charge is 2.20. The molecular formula is C15H13BrN2O3S. The van der Waals surface area contributed by atoms with Gasteiger partial charge in [-0.25, -0.2) is 17.4 Å². The highest BCUT2D eigenvalue weighted by molar-refractivity contribution is 9.10. The number of aromatic nitrogens is 2. The van der Waals surface area contributed by atoms with Crippen molar-refractivity contribution >= 4 is 37.0 Å². The molecule has 0 bridgehead atoms. The molecule has 3 rings (SSSR count). The molecule has 0 fully saturated rings. The van der Waals surface area contributed by atoms with Crippen molar-refractivity contribution in [3.8, 4) is 0 Å². The van der Waals surface area contributed by atoms with E-state index >= 15 is 0 Å². The Bertz CT molecular complexity index is 921. The number of nitrogens with zero attached hydrogens (tertiary/aromatic N) is 2. The first-order chi connectivity index (χ1) is 10.5. The van der Waals surface area contributed by atoms with Gasteiger partial charge in [0.05, 0.1) is 12.4 Å². The average Bonchev–Trinajstić information content (AvgIpc) is 2.86. The molecule has 22 heavy (non-hydrogen) atoms. The fourth-order valence-electron chi connectivity index (χ4n) is 2.31. The zero-order valence-corrected chi connectivity index (χ0v) is 13.9. The predicted octanol–water partition coefficient (Wildman–Crippen LogP) is 2.67. The molecule has 7 heteroatoms. The van der Waals surface area contributed by atoms with Crippen LogP contribution in [0.2, 0.25) is 0 Å². The van der Waals surface area contributed by atoms with Crippen LogP contribution in [0, 0.1) is 0 Å². The first-order valence-electron chi connectivity index (χ1n) is 6.55. The molecule has 0 spiro atoms. The number of hydrogen-bond acceptors (Lipinski definition) is 4. The van der Waals surface area contributed by atoms with Gasteiger partial charge in [0, 0.05) is 27.8 Å². The summed E-state index contributed by atoms with van der Waals surface area (Å²) in [5.74, 6) is -0.125. The smallest absolute Gasteiger partial charge is 0.244 e. The first kappa shape index (κ1) is 15.2. The number of fused-ring (bicyclic) bond motifs is 1. The monoisotopic (exact) mass is 380 g/mol. The number of hydrogen-bond donors (Lipinski definition) is 1. The lowest BCUT2D eigenvalue weighted by atomic mass is 10.2. The van der Waals surface area contributed by atoms with Crippen LogP contribution in [0.3, 0.4) is 0 Å². The lowest BCUT2D eigenvalue weighted by molar-refractivity contribution is 0.283. The van der Waals surface area contributed by atoms with E-state index in [1.807, 2.05) is 6.07 Å². The number of benzene rings is 1. The van der Waals surface area contributed by atoms with E-state index in [0.29, 0.717) is 22.2 Å². The Kier molecular flexibility index (Phi) is 4.03. The lowest BCUT2D eigenvalue weighted by Gasteiger charge is -2.07. The van der Waals surface area contributed by atoms with Gasteiger partial charge in [0.1, 0.15) is 0 Å². The van der Waals surface area contributed by atoms with Crippen molar-refractivity contribution in [2.24, 2.45) is 0 Å². The molecule has 0 aliphatic heterocycles. The fraction of sp³-hybridized carbons (Fsp3) is 0.133. The molecule has 0 aliphatic rings. The van der Waals surface area contributed by atoms with Gasteiger partial charge in [-0.1, -0.05) is 30.3 Å². The van der Waals surface area contributed by atoms with Crippen LogP contribution in [0.15, 0.2) is 53.3 Å². The highest BCUT2D eigenvalue weighted by atomic mass is 79.9. The van der Waals surface area contributed by atoms with Crippen LogP contribution in [-0.2, 0) is 22.4 Å². The van der Waals surface area contributed by atoms with Gasteiger partial charge in [0.25, 0.3) is 0 Å². The summed E-state index contributed by atoms with van der Waals surface area (Å²) in [6.45, 7) is -0.248. The van der Waals surface area contributed by atoms with Crippen molar-refractivity contribution in [1.82, 2.24) is 8.96 Å². The van der Waals surface area contributed by atoms with Gasteiger partial charge in [-0.3, -0.25) is 0 Å². The third-order valence-electron chi connectivity index (χ3n) is 3.32. The van der Waals surface area contributed by atoms with Gasteiger partial charge in [-0.05, 0) is 27.6 Å². The van der Waals surface area contributed by atoms with Gasteiger partial charge in [-0.2, -0.15) is 0 Å². The molecule has 0 radical (unpaired) electrons. The third kappa shape index (κ3) is 2.79. The molecule has 0 aliphatic carbocycles. The fourth-order valence-corrected chi connectivity index (χ4v) is 4.09. The Balaban J connectivity index is 2.13. The van der Waals surface area contributed by atoms with Gasteiger partial charge in [0.2, 0.25) is 10.0 Å². The summed E-state index contributed by atoms with van der Waals surface area (Å²) in [6, 6.07) is 10.7. The Labute approximate surface area is 136 Å². The summed E-state index contributed by atoms with van der Waals surface area (Å²) in [7, 11) is -3.61. The molecule has 114 valence electrons. The maximum absolute atomic E-state index is 12.7. The van der Waals surface area contributed by atoms with E-state index < -0.39 is 10.0 Å². The van der Waals surface area contributed by atoms with E-state index in [1.165, 1.54) is 12.4 Å². The van der Waals surface area contributed by atoms with Crippen LogP contribution < -0.4 is 0 Å². The molecule has 0 saturated heterocycles. The second-order valence-electron chi connectivity index (χ2n) is 4.87. The minimum atomic E-state index is -3.61. The number of aliphatic hydroxyl groups is 1. The summed E-state index contributed by atoms with van der Waals surface area (Å²) < 4.78 is 27.2. The van der Waals surface area contributed by atoms with Gasteiger partial charge in [0.15, 0.2) is 5.65 Å². The molecule has 0 saturated carbocycles. The van der Waals surface area contributed by atoms with Crippen LogP contribution in [0.1, 0.15) is 11.1 Å². The molecule has 2 aromatic heterocycles. The van der Waals surface area contributed by atoms with Crippen molar-refractivity contribution in [2.75, 3.05) is 0 Å². The first-order valence-corrected chi connectivity index (χ1v) is 8.95. The lowest BCUT2D eigenvalue weighted by Crippen LogP contribution is -2.14. The van der Waals surface area contributed by atoms with Crippen LogP contribution in [0.4, 0.5) is 0 Å². The zero-order chi connectivity index (χ0) is 15.7. The van der Waals surface area contributed by atoms with Crippen LogP contribution in [-0.4, -0.2) is 22.5 Å². The molecular weight excluding hydrogens is 368 g/mol. The van der Waals surface area contributed by atoms with E-state index in [-0.39, 0.29) is 12.4 Å². The third-order valence-corrected chi connectivity index (χ3v) is 5.33. The molecule has 0 amide bonds. The second-order valence-corrected chi connectivity index (χ2v) is 7.64. The van der Waals surface area contributed by atoms with Crippen LogP contribution in [0.25, 0.3) is 11.0 Å². The Morgan fingerprint density at radius 2 is 1.95 bits per heavy atom. The summed E-state index contributed by atoms with van der Waals surface area (Å²) in [4.78, 5) is 4.18. The minimum Gasteiger partial charge on any atom is -0.392 e. The largest absolute Gasteiger partial charge is 0.392 e. The van der Waals surface area contributed by atoms with Gasteiger partial charge in [-0.15, -0.1) is 0 Å². The normalized spacial score (nSPS) is 11.9. The number of halogens is 1. The van der Waals surface area contributed by atoms with Gasteiger partial charge >= 0.3 is 0 Å². The molecule has 0 atom stereocenters. The summed E-state index contributed by atoms with van der Waals surface area (Å²) in [6.07, 6.45) is 2.97. The molecule has 5 nitrogen and oxygen atoms in total. The number of rotatable bonds is 4. The van der Waals surface area contributed by atoms with E-state index in [1.54, 1.807) is 30.3 Å². The van der Waals surface area contributed by atoms with Gasteiger partial charge < -0.3 is 5.11 Å². The molecule has 1 aromatic carbocycles. The average molecular weight is 381 g/mol. The van der Waals surface area contributed by atoms with E-state index in [0.717, 1.165) is 8.45 Å². The zero-order valence-electron chi connectivity index (χ0n) is 11.5. The van der Waals surface area contributed by atoms with E-state index in [9.17, 15) is 13.5 Å². The number of pyridine rings is 1. The van der Waals surface area contributed by atoms with Crippen LogP contribution in [0.5, 0.6) is 0 Å².